The molecule has 14 heavy (non-hydrogen) atoms. The van der Waals surface area contributed by atoms with Gasteiger partial charge in [-0.1, -0.05) is 6.92 Å². The lowest BCUT2D eigenvalue weighted by molar-refractivity contribution is -0.144. The molecule has 0 unspecified atom stereocenters. The van der Waals surface area contributed by atoms with Crippen LogP contribution in [0.1, 0.15) is 20.3 Å². The zero-order valence-corrected chi connectivity index (χ0v) is 9.23. The Labute approximate surface area is 85.5 Å². The van der Waals surface area contributed by atoms with Crippen LogP contribution in [0.4, 0.5) is 0 Å². The van der Waals surface area contributed by atoms with E-state index in [4.69, 9.17) is 0 Å². The number of carbonyl (C=O) groups excluding carboxylic acids is 1. The predicted octanol–water partition coefficient (Wildman–Crippen LogP) is -0.0802. The number of amides is 1. The van der Waals surface area contributed by atoms with Crippen LogP contribution in [-0.4, -0.2) is 59.6 Å². The highest BCUT2D eigenvalue weighted by molar-refractivity contribution is 5.80. The Kier molecular flexibility index (Phi) is 3.89. The van der Waals surface area contributed by atoms with Gasteiger partial charge in [-0.25, -0.2) is 0 Å². The van der Waals surface area contributed by atoms with Gasteiger partial charge in [0.05, 0.1) is 0 Å². The van der Waals surface area contributed by atoms with Gasteiger partial charge in [-0.3, -0.25) is 4.79 Å². The van der Waals surface area contributed by atoms with Gasteiger partial charge < -0.3 is 14.9 Å². The molecule has 1 heterocycles. The third kappa shape index (κ3) is 2.45. The summed E-state index contributed by atoms with van der Waals surface area (Å²) in [7, 11) is 2.06. The maximum atomic E-state index is 11.6. The normalized spacial score (nSPS) is 26.3. The quantitative estimate of drug-likeness (QED) is 0.678. The third-order valence-corrected chi connectivity index (χ3v) is 2.80. The number of hydrogen-bond acceptors (Lipinski definition) is 3. The first-order valence-corrected chi connectivity index (χ1v) is 5.23. The van der Waals surface area contributed by atoms with Crippen molar-refractivity contribution in [1.82, 2.24) is 9.80 Å². The van der Waals surface area contributed by atoms with Gasteiger partial charge in [-0.05, 0) is 20.4 Å². The van der Waals surface area contributed by atoms with Gasteiger partial charge in [0.1, 0.15) is 6.10 Å². The van der Waals surface area contributed by atoms with Crippen LogP contribution in [0.5, 0.6) is 0 Å². The van der Waals surface area contributed by atoms with Crippen molar-refractivity contribution in [2.45, 2.75) is 32.4 Å². The standard InChI is InChI=1S/C10H20N2O2/c1-4-9-7-11(3)5-6-12(9)10(14)8(2)13/h8-9,13H,4-7H2,1-3H3/t8-,9-/m1/s1. The van der Waals surface area contributed by atoms with Gasteiger partial charge in [0.25, 0.3) is 5.91 Å². The molecule has 0 bridgehead atoms. The molecule has 1 fully saturated rings. The minimum atomic E-state index is -0.868. The molecule has 0 aromatic heterocycles. The van der Waals surface area contributed by atoms with Crippen LogP contribution in [0.25, 0.3) is 0 Å². The highest BCUT2D eigenvalue weighted by Crippen LogP contribution is 2.12. The summed E-state index contributed by atoms with van der Waals surface area (Å²) in [5.74, 6) is -0.134. The topological polar surface area (TPSA) is 43.8 Å². The summed E-state index contributed by atoms with van der Waals surface area (Å²) >= 11 is 0. The van der Waals surface area contributed by atoms with E-state index in [0.29, 0.717) is 0 Å². The first-order chi connectivity index (χ1) is 6.56. The van der Waals surface area contributed by atoms with Crippen LogP contribution in [0.2, 0.25) is 0 Å². The molecule has 0 aromatic rings. The van der Waals surface area contributed by atoms with E-state index in [-0.39, 0.29) is 11.9 Å². The molecule has 0 saturated carbocycles. The zero-order valence-electron chi connectivity index (χ0n) is 9.23. The van der Waals surface area contributed by atoms with E-state index >= 15 is 0 Å². The summed E-state index contributed by atoms with van der Waals surface area (Å²) in [6.07, 6.45) is 0.0791. The fourth-order valence-corrected chi connectivity index (χ4v) is 1.89. The largest absolute Gasteiger partial charge is 0.384 e. The van der Waals surface area contributed by atoms with E-state index in [0.717, 1.165) is 26.1 Å². The second-order valence-electron chi connectivity index (χ2n) is 4.03. The summed E-state index contributed by atoms with van der Waals surface area (Å²) in [5.41, 5.74) is 0. The summed E-state index contributed by atoms with van der Waals surface area (Å²) in [6.45, 7) is 6.15. The lowest BCUT2D eigenvalue weighted by Gasteiger charge is -2.40. The van der Waals surface area contributed by atoms with Gasteiger partial charge in [-0.2, -0.15) is 0 Å². The number of aliphatic hydroxyl groups is 1. The van der Waals surface area contributed by atoms with Gasteiger partial charge in [0.2, 0.25) is 0 Å². The molecule has 1 N–H and O–H groups in total. The molecule has 82 valence electrons. The summed E-state index contributed by atoms with van der Waals surface area (Å²) in [4.78, 5) is 15.7. The van der Waals surface area contributed by atoms with Crippen molar-refractivity contribution < 1.29 is 9.90 Å². The number of piperazine rings is 1. The van der Waals surface area contributed by atoms with Crippen LogP contribution in [0.15, 0.2) is 0 Å². The van der Waals surface area contributed by atoms with Crippen molar-refractivity contribution in [3.05, 3.63) is 0 Å². The lowest BCUT2D eigenvalue weighted by Crippen LogP contribution is -2.55. The Balaban J connectivity index is 2.63. The van der Waals surface area contributed by atoms with Crippen molar-refractivity contribution in [3.63, 3.8) is 0 Å². The van der Waals surface area contributed by atoms with Crippen molar-refractivity contribution in [1.29, 1.82) is 0 Å². The van der Waals surface area contributed by atoms with Crippen LogP contribution >= 0.6 is 0 Å². The van der Waals surface area contributed by atoms with E-state index in [2.05, 4.69) is 18.9 Å². The molecule has 0 spiro atoms. The van der Waals surface area contributed by atoms with E-state index < -0.39 is 6.10 Å². The Morgan fingerprint density at radius 1 is 1.57 bits per heavy atom. The highest BCUT2D eigenvalue weighted by atomic mass is 16.3. The highest BCUT2D eigenvalue weighted by Gasteiger charge is 2.29. The molecule has 4 heteroatoms. The van der Waals surface area contributed by atoms with Crippen LogP contribution < -0.4 is 0 Å². The lowest BCUT2D eigenvalue weighted by atomic mass is 10.1. The van der Waals surface area contributed by atoms with Crippen molar-refractivity contribution in [2.75, 3.05) is 26.7 Å². The maximum absolute atomic E-state index is 11.6. The van der Waals surface area contributed by atoms with Gasteiger partial charge in [0.15, 0.2) is 0 Å². The van der Waals surface area contributed by atoms with E-state index in [1.54, 1.807) is 0 Å². The van der Waals surface area contributed by atoms with Crippen LogP contribution in [-0.2, 0) is 4.79 Å². The first-order valence-electron chi connectivity index (χ1n) is 5.23. The molecule has 1 aliphatic rings. The molecule has 1 saturated heterocycles. The van der Waals surface area contributed by atoms with Gasteiger partial charge in [-0.15, -0.1) is 0 Å². The number of hydrogen-bond donors (Lipinski definition) is 1. The first kappa shape index (κ1) is 11.5. The molecular formula is C10H20N2O2. The second-order valence-corrected chi connectivity index (χ2v) is 4.03. The Bertz CT molecular complexity index is 206. The average molecular weight is 200 g/mol. The molecule has 1 rings (SSSR count). The van der Waals surface area contributed by atoms with E-state index in [1.807, 2.05) is 4.90 Å². The minimum absolute atomic E-state index is 0.134. The SMILES string of the molecule is CC[C@@H]1CN(C)CCN1C(=O)[C@@H](C)O. The monoisotopic (exact) mass is 200 g/mol. The van der Waals surface area contributed by atoms with Crippen molar-refractivity contribution in [2.24, 2.45) is 0 Å². The molecule has 0 aliphatic carbocycles. The summed E-state index contributed by atoms with van der Waals surface area (Å²) in [6, 6.07) is 0.260. The molecule has 1 amide bonds. The van der Waals surface area contributed by atoms with Crippen LogP contribution in [0.3, 0.4) is 0 Å². The molecule has 1 aliphatic heterocycles. The van der Waals surface area contributed by atoms with Gasteiger partial charge >= 0.3 is 0 Å². The molecule has 4 nitrogen and oxygen atoms in total. The molecule has 2 atom stereocenters. The fourth-order valence-electron chi connectivity index (χ4n) is 1.89. The third-order valence-electron chi connectivity index (χ3n) is 2.80. The Hall–Kier alpha value is -0.610. The van der Waals surface area contributed by atoms with Gasteiger partial charge in [0, 0.05) is 25.7 Å². The number of likely N-dealkylation sites (N-methyl/N-ethyl adjacent to an activating group) is 1. The van der Waals surface area contributed by atoms with Crippen molar-refractivity contribution >= 4 is 5.91 Å². The number of carbonyl (C=O) groups is 1. The smallest absolute Gasteiger partial charge is 0.251 e. The van der Waals surface area contributed by atoms with E-state index in [1.165, 1.54) is 6.92 Å². The van der Waals surface area contributed by atoms with E-state index in [9.17, 15) is 9.90 Å². The van der Waals surface area contributed by atoms with Crippen molar-refractivity contribution in [3.8, 4) is 0 Å². The number of nitrogens with zero attached hydrogens (tertiary/aromatic N) is 2. The zero-order chi connectivity index (χ0) is 10.7. The second kappa shape index (κ2) is 4.75. The average Bonchev–Trinajstić information content (AvgIpc) is 2.16. The van der Waals surface area contributed by atoms with Crippen LogP contribution in [0, 0.1) is 0 Å². The summed E-state index contributed by atoms with van der Waals surface area (Å²) in [5, 5.41) is 9.25. The number of aliphatic hydroxyl groups excluding tert-OH is 1. The minimum Gasteiger partial charge on any atom is -0.384 e. The number of rotatable bonds is 2. The maximum Gasteiger partial charge on any atom is 0.251 e. The molecular weight excluding hydrogens is 180 g/mol. The Morgan fingerprint density at radius 3 is 2.71 bits per heavy atom. The molecule has 0 radical (unpaired) electrons. The predicted molar refractivity (Wildman–Crippen MR) is 55.0 cm³/mol. The fraction of sp³-hybridized carbons (Fsp3) is 0.900. The molecule has 0 aromatic carbocycles. The summed E-state index contributed by atoms with van der Waals surface area (Å²) < 4.78 is 0. The Morgan fingerprint density at radius 2 is 2.21 bits per heavy atom.